The topological polar surface area (TPSA) is 46.3 Å². The molecule has 0 unspecified atom stereocenters. The molecule has 0 aromatic heterocycles. The van der Waals surface area contributed by atoms with Gasteiger partial charge in [0.1, 0.15) is 5.58 Å². The van der Waals surface area contributed by atoms with Crippen LogP contribution < -0.4 is 10.5 Å². The standard InChI is InChI=1S/C26H26N2O2/c1-25(2)9-11-28-12-10-26(3,4)20-21(28)19(25)14-15-13-18-16-7-5-6-8-17(16)23(29)27-24(18)30-22(15)20/h5-8,13-14H,9-12H2,1-4H3. The van der Waals surface area contributed by atoms with Crippen LogP contribution in [-0.4, -0.2) is 18.1 Å². The van der Waals surface area contributed by atoms with Gasteiger partial charge in [-0.2, -0.15) is 4.98 Å². The minimum atomic E-state index is -0.227. The first-order valence-corrected chi connectivity index (χ1v) is 10.9. The van der Waals surface area contributed by atoms with Gasteiger partial charge in [0, 0.05) is 40.7 Å². The fourth-order valence-corrected chi connectivity index (χ4v) is 5.49. The second kappa shape index (κ2) is 5.63. The molecule has 0 saturated heterocycles. The van der Waals surface area contributed by atoms with Crippen molar-refractivity contribution in [3.05, 3.63) is 57.9 Å². The molecular weight excluding hydrogens is 372 g/mol. The summed E-state index contributed by atoms with van der Waals surface area (Å²) in [6, 6.07) is 12.2. The Kier molecular flexibility index (Phi) is 3.36. The molecule has 0 saturated carbocycles. The number of rotatable bonds is 0. The van der Waals surface area contributed by atoms with E-state index in [4.69, 9.17) is 4.42 Å². The summed E-state index contributed by atoms with van der Waals surface area (Å²) in [6.45, 7) is 11.5. The van der Waals surface area contributed by atoms with Gasteiger partial charge in [-0.15, -0.1) is 0 Å². The number of benzene rings is 2. The van der Waals surface area contributed by atoms with E-state index in [2.05, 4.69) is 49.7 Å². The molecule has 4 aliphatic rings. The van der Waals surface area contributed by atoms with Crippen LogP contribution in [0, 0.1) is 0 Å². The highest BCUT2D eigenvalue weighted by atomic mass is 16.3. The van der Waals surface area contributed by atoms with Gasteiger partial charge in [-0.25, -0.2) is 0 Å². The Morgan fingerprint density at radius 2 is 1.67 bits per heavy atom. The van der Waals surface area contributed by atoms with Crippen LogP contribution in [-0.2, 0) is 10.8 Å². The van der Waals surface area contributed by atoms with Gasteiger partial charge in [0.25, 0.3) is 5.56 Å². The van der Waals surface area contributed by atoms with Crippen molar-refractivity contribution in [2.45, 2.75) is 51.4 Å². The summed E-state index contributed by atoms with van der Waals surface area (Å²) in [6.07, 6.45) is 2.24. The molecule has 152 valence electrons. The van der Waals surface area contributed by atoms with E-state index in [9.17, 15) is 4.79 Å². The molecule has 0 N–H and O–H groups in total. The van der Waals surface area contributed by atoms with E-state index >= 15 is 0 Å². The van der Waals surface area contributed by atoms with Crippen LogP contribution in [0.15, 0.2) is 45.6 Å². The highest BCUT2D eigenvalue weighted by Crippen LogP contribution is 2.52. The van der Waals surface area contributed by atoms with Gasteiger partial charge in [0.15, 0.2) is 0 Å². The van der Waals surface area contributed by atoms with Crippen molar-refractivity contribution in [2.75, 3.05) is 18.0 Å². The highest BCUT2D eigenvalue weighted by Gasteiger charge is 2.42. The van der Waals surface area contributed by atoms with Crippen molar-refractivity contribution in [3.63, 3.8) is 0 Å². The molecule has 2 aromatic carbocycles. The Balaban J connectivity index is 1.82. The Labute approximate surface area is 175 Å². The molecule has 0 amide bonds. The Morgan fingerprint density at radius 3 is 2.43 bits per heavy atom. The van der Waals surface area contributed by atoms with Crippen LogP contribution in [0.25, 0.3) is 33.2 Å². The monoisotopic (exact) mass is 398 g/mol. The molecular formula is C26H26N2O2. The Hall–Kier alpha value is -2.88. The Morgan fingerprint density at radius 1 is 0.967 bits per heavy atom. The first-order chi connectivity index (χ1) is 14.3. The number of nitrogens with zero attached hydrogens (tertiary/aromatic N) is 2. The van der Waals surface area contributed by atoms with Crippen molar-refractivity contribution >= 4 is 27.4 Å². The van der Waals surface area contributed by atoms with Crippen molar-refractivity contribution in [2.24, 2.45) is 0 Å². The molecule has 0 atom stereocenters. The molecule has 0 bridgehead atoms. The molecule has 0 fully saturated rings. The van der Waals surface area contributed by atoms with Gasteiger partial charge < -0.3 is 9.32 Å². The lowest BCUT2D eigenvalue weighted by molar-refractivity contribution is 0.400. The second-order valence-electron chi connectivity index (χ2n) is 10.2. The van der Waals surface area contributed by atoms with Crippen LogP contribution >= 0.6 is 0 Å². The average Bonchev–Trinajstić information content (AvgIpc) is 2.71. The predicted octanol–water partition coefficient (Wildman–Crippen LogP) is 5.62. The molecule has 6 rings (SSSR count). The zero-order chi connectivity index (χ0) is 20.8. The maximum Gasteiger partial charge on any atom is 0.280 e. The fraction of sp³-hybridized carbons (Fsp3) is 0.385. The molecule has 0 aliphatic carbocycles. The number of anilines is 1. The van der Waals surface area contributed by atoms with Crippen molar-refractivity contribution in [3.8, 4) is 11.5 Å². The second-order valence-corrected chi connectivity index (χ2v) is 10.2. The zero-order valence-corrected chi connectivity index (χ0v) is 18.0. The zero-order valence-electron chi connectivity index (χ0n) is 18.0. The normalized spacial score (nSPS) is 19.4. The van der Waals surface area contributed by atoms with E-state index in [0.717, 1.165) is 47.9 Å². The maximum absolute atomic E-state index is 12.6. The van der Waals surface area contributed by atoms with Crippen LogP contribution in [0.5, 0.6) is 0 Å². The maximum atomic E-state index is 12.6. The number of pyridine rings is 1. The lowest BCUT2D eigenvalue weighted by Crippen LogP contribution is -2.44. The third-order valence-electron chi connectivity index (χ3n) is 7.40. The fourth-order valence-electron chi connectivity index (χ4n) is 5.49. The largest absolute Gasteiger partial charge is 0.437 e. The van der Waals surface area contributed by atoms with Crippen LogP contribution in [0.4, 0.5) is 5.69 Å². The number of fused-ring (bicyclic) bond motifs is 5. The van der Waals surface area contributed by atoms with Crippen molar-refractivity contribution in [1.82, 2.24) is 4.98 Å². The third-order valence-corrected chi connectivity index (χ3v) is 7.40. The highest BCUT2D eigenvalue weighted by molar-refractivity contribution is 6.00. The molecule has 4 aliphatic heterocycles. The van der Waals surface area contributed by atoms with Gasteiger partial charge in [-0.05, 0) is 52.8 Å². The van der Waals surface area contributed by atoms with Crippen LogP contribution in [0.3, 0.4) is 0 Å². The van der Waals surface area contributed by atoms with E-state index in [1.54, 1.807) is 0 Å². The summed E-state index contributed by atoms with van der Waals surface area (Å²) in [4.78, 5) is 19.5. The molecule has 4 heterocycles. The first-order valence-electron chi connectivity index (χ1n) is 10.9. The Bertz CT molecular complexity index is 1380. The minimum absolute atomic E-state index is 0.00182. The average molecular weight is 399 g/mol. The molecule has 2 aromatic rings. The van der Waals surface area contributed by atoms with E-state index in [1.807, 2.05) is 24.3 Å². The molecule has 4 nitrogen and oxygen atoms in total. The van der Waals surface area contributed by atoms with Crippen LogP contribution in [0.1, 0.15) is 51.7 Å². The smallest absolute Gasteiger partial charge is 0.280 e. The number of aromatic nitrogens is 1. The summed E-state index contributed by atoms with van der Waals surface area (Å²) in [5, 5.41) is 2.65. The lowest BCUT2D eigenvalue weighted by atomic mass is 9.69. The predicted molar refractivity (Wildman–Crippen MR) is 122 cm³/mol. The van der Waals surface area contributed by atoms with E-state index in [1.165, 1.54) is 16.8 Å². The lowest BCUT2D eigenvalue weighted by Gasteiger charge is -2.48. The van der Waals surface area contributed by atoms with Gasteiger partial charge in [0.2, 0.25) is 5.89 Å². The van der Waals surface area contributed by atoms with Crippen molar-refractivity contribution in [1.29, 1.82) is 0 Å². The summed E-state index contributed by atoms with van der Waals surface area (Å²) < 4.78 is 6.47. The summed E-state index contributed by atoms with van der Waals surface area (Å²) in [5.41, 5.74) is 5.73. The van der Waals surface area contributed by atoms with Gasteiger partial charge >= 0.3 is 0 Å². The third kappa shape index (κ3) is 2.28. The minimum Gasteiger partial charge on any atom is -0.437 e. The summed E-state index contributed by atoms with van der Waals surface area (Å²) in [5.74, 6) is 0.436. The van der Waals surface area contributed by atoms with Gasteiger partial charge in [-0.1, -0.05) is 45.9 Å². The summed E-state index contributed by atoms with van der Waals surface area (Å²) in [7, 11) is 0. The van der Waals surface area contributed by atoms with Crippen LogP contribution in [0.2, 0.25) is 0 Å². The van der Waals surface area contributed by atoms with E-state index in [-0.39, 0.29) is 16.4 Å². The summed E-state index contributed by atoms with van der Waals surface area (Å²) >= 11 is 0. The van der Waals surface area contributed by atoms with E-state index < -0.39 is 0 Å². The molecule has 30 heavy (non-hydrogen) atoms. The number of hydrogen-bond acceptors (Lipinski definition) is 4. The van der Waals surface area contributed by atoms with Gasteiger partial charge in [-0.3, -0.25) is 4.79 Å². The molecule has 0 radical (unpaired) electrons. The first kappa shape index (κ1) is 17.9. The SMILES string of the molecule is CC1(C)CCN2CCC(C)(C)c3c2c1cc1cc2c4ccccc4c(=O)nc-2oc31. The molecule has 0 spiro atoms. The van der Waals surface area contributed by atoms with Gasteiger partial charge in [0.05, 0.1) is 0 Å². The number of hydrogen-bond donors (Lipinski definition) is 0. The van der Waals surface area contributed by atoms with Crippen molar-refractivity contribution < 1.29 is 4.42 Å². The quantitative estimate of drug-likeness (QED) is 0.285. The molecule has 4 heteroatoms. The van der Waals surface area contributed by atoms with E-state index in [0.29, 0.717) is 11.3 Å².